The summed E-state index contributed by atoms with van der Waals surface area (Å²) in [5, 5.41) is 18.5. The number of anilines is 1. The number of hydrogen-bond acceptors (Lipinski definition) is 5. The Hall–Kier alpha value is -2.77. The van der Waals surface area contributed by atoms with Gasteiger partial charge in [0.1, 0.15) is 6.54 Å². The van der Waals surface area contributed by atoms with E-state index in [2.05, 4.69) is 20.6 Å². The van der Waals surface area contributed by atoms with Crippen molar-refractivity contribution in [3.05, 3.63) is 35.4 Å². The van der Waals surface area contributed by atoms with Crippen LogP contribution in [0.1, 0.15) is 21.9 Å². The molecule has 0 aliphatic heterocycles. The zero-order chi connectivity index (χ0) is 14.7. The van der Waals surface area contributed by atoms with Gasteiger partial charge in [0.2, 0.25) is 0 Å². The molecule has 2 N–H and O–H groups in total. The number of nitrogens with zero attached hydrogens (tertiary/aromatic N) is 4. The molecule has 0 unspecified atom stereocenters. The Morgan fingerprint density at radius 3 is 2.75 bits per heavy atom. The van der Waals surface area contributed by atoms with Crippen molar-refractivity contribution in [1.29, 1.82) is 0 Å². The van der Waals surface area contributed by atoms with Crippen LogP contribution in [0.5, 0.6) is 0 Å². The van der Waals surface area contributed by atoms with Gasteiger partial charge >= 0.3 is 5.97 Å². The van der Waals surface area contributed by atoms with Crippen molar-refractivity contribution in [2.75, 3.05) is 5.32 Å². The Morgan fingerprint density at radius 2 is 2.10 bits per heavy atom. The Kier molecular flexibility index (Phi) is 3.74. The molecule has 0 fully saturated rings. The number of hydrogen-bond donors (Lipinski definition) is 2. The number of carboxylic acids is 1. The first-order valence-electron chi connectivity index (χ1n) is 5.83. The molecule has 8 heteroatoms. The number of aromatic nitrogens is 4. The Balaban J connectivity index is 2.11. The lowest BCUT2D eigenvalue weighted by Gasteiger charge is -2.06. The second-order valence-corrected chi connectivity index (χ2v) is 4.23. The summed E-state index contributed by atoms with van der Waals surface area (Å²) in [6.07, 6.45) is 1.28. The van der Waals surface area contributed by atoms with Gasteiger partial charge in [0, 0.05) is 5.69 Å². The monoisotopic (exact) mass is 275 g/mol. The summed E-state index contributed by atoms with van der Waals surface area (Å²) in [7, 11) is 0. The van der Waals surface area contributed by atoms with Gasteiger partial charge < -0.3 is 10.4 Å². The summed E-state index contributed by atoms with van der Waals surface area (Å²) in [5.74, 6) is -1.52. The fraction of sp³-hybridized carbons (Fsp3) is 0.250. The number of carbonyl (C=O) groups excluding carboxylic acids is 1. The highest BCUT2D eigenvalue weighted by Crippen LogP contribution is 2.13. The van der Waals surface area contributed by atoms with Gasteiger partial charge in [-0.3, -0.25) is 14.6 Å². The number of carboxylic acid groups (broad SMARTS) is 1. The minimum absolute atomic E-state index is 0.0474. The van der Waals surface area contributed by atoms with Crippen molar-refractivity contribution < 1.29 is 14.7 Å². The van der Waals surface area contributed by atoms with Crippen LogP contribution in [0, 0.1) is 13.8 Å². The molecule has 0 bridgehead atoms. The standard InChI is InChI=1S/C12H13N5O3/c1-7-3-4-9(8(2)13-7)14-12(20)10-5-17(16-15-10)6-11(18)19/h3-5H,6H2,1-2H3,(H,14,20)(H,18,19). The number of amides is 1. The van der Waals surface area contributed by atoms with Crippen LogP contribution in [0.3, 0.4) is 0 Å². The minimum Gasteiger partial charge on any atom is -0.480 e. The molecule has 2 rings (SSSR count). The molecule has 8 nitrogen and oxygen atoms in total. The third-order valence-corrected chi connectivity index (χ3v) is 2.54. The molecule has 0 saturated carbocycles. The summed E-state index contributed by atoms with van der Waals surface area (Å²) in [5.41, 5.74) is 2.17. The lowest BCUT2D eigenvalue weighted by Crippen LogP contribution is -2.14. The van der Waals surface area contributed by atoms with Crippen LogP contribution >= 0.6 is 0 Å². The van der Waals surface area contributed by atoms with E-state index in [0.29, 0.717) is 11.4 Å². The van der Waals surface area contributed by atoms with Gasteiger partial charge in [-0.15, -0.1) is 5.10 Å². The summed E-state index contributed by atoms with van der Waals surface area (Å²) < 4.78 is 1.08. The topological polar surface area (TPSA) is 110 Å². The Bertz CT molecular complexity index is 665. The summed E-state index contributed by atoms with van der Waals surface area (Å²) in [6.45, 7) is 3.30. The number of carbonyl (C=O) groups is 2. The molecule has 0 aliphatic rings. The molecular formula is C12H13N5O3. The minimum atomic E-state index is -1.06. The Labute approximate surface area is 114 Å². The molecule has 2 aromatic rings. The molecule has 0 aromatic carbocycles. The normalized spacial score (nSPS) is 10.3. The van der Waals surface area contributed by atoms with Crippen LogP contribution in [0.4, 0.5) is 5.69 Å². The molecule has 0 saturated heterocycles. The highest BCUT2D eigenvalue weighted by molar-refractivity contribution is 6.02. The highest BCUT2D eigenvalue weighted by Gasteiger charge is 2.13. The molecule has 1 amide bonds. The first-order valence-corrected chi connectivity index (χ1v) is 5.83. The molecule has 0 aliphatic carbocycles. The van der Waals surface area contributed by atoms with E-state index in [1.165, 1.54) is 6.20 Å². The zero-order valence-corrected chi connectivity index (χ0v) is 11.0. The van der Waals surface area contributed by atoms with Gasteiger partial charge in [0.25, 0.3) is 5.91 Å². The number of aryl methyl sites for hydroxylation is 2. The average Bonchev–Trinajstić information content (AvgIpc) is 2.80. The van der Waals surface area contributed by atoms with Crippen LogP contribution in [-0.4, -0.2) is 37.0 Å². The van der Waals surface area contributed by atoms with Crippen LogP contribution in [0.25, 0.3) is 0 Å². The van der Waals surface area contributed by atoms with E-state index >= 15 is 0 Å². The van der Waals surface area contributed by atoms with Crippen molar-refractivity contribution in [3.8, 4) is 0 Å². The molecule has 2 aromatic heterocycles. The smallest absolute Gasteiger partial charge is 0.325 e. The predicted octanol–water partition coefficient (Wildman–Crippen LogP) is 0.627. The quantitative estimate of drug-likeness (QED) is 0.846. The Morgan fingerprint density at radius 1 is 1.35 bits per heavy atom. The fourth-order valence-corrected chi connectivity index (χ4v) is 1.62. The maximum absolute atomic E-state index is 11.9. The van der Waals surface area contributed by atoms with Crippen LogP contribution in [0.15, 0.2) is 18.3 Å². The number of rotatable bonds is 4. The third kappa shape index (κ3) is 3.16. The van der Waals surface area contributed by atoms with E-state index in [4.69, 9.17) is 5.11 Å². The van der Waals surface area contributed by atoms with Gasteiger partial charge in [0.05, 0.1) is 17.6 Å². The second kappa shape index (κ2) is 5.47. The largest absolute Gasteiger partial charge is 0.480 e. The summed E-state index contributed by atoms with van der Waals surface area (Å²) in [4.78, 5) is 26.7. The van der Waals surface area contributed by atoms with Crippen molar-refractivity contribution in [3.63, 3.8) is 0 Å². The van der Waals surface area contributed by atoms with Gasteiger partial charge in [-0.25, -0.2) is 4.68 Å². The van der Waals surface area contributed by atoms with Gasteiger partial charge in [-0.2, -0.15) is 0 Å². The number of aliphatic carboxylic acids is 1. The van der Waals surface area contributed by atoms with Crippen molar-refractivity contribution in [2.45, 2.75) is 20.4 Å². The van der Waals surface area contributed by atoms with E-state index in [0.717, 1.165) is 10.4 Å². The molecule has 104 valence electrons. The molecule has 2 heterocycles. The van der Waals surface area contributed by atoms with Crippen molar-refractivity contribution in [2.24, 2.45) is 0 Å². The van der Waals surface area contributed by atoms with Gasteiger partial charge in [0.15, 0.2) is 5.69 Å². The van der Waals surface area contributed by atoms with E-state index < -0.39 is 11.9 Å². The first kappa shape index (κ1) is 13.7. The van der Waals surface area contributed by atoms with Crippen LogP contribution in [-0.2, 0) is 11.3 Å². The molecule has 20 heavy (non-hydrogen) atoms. The maximum atomic E-state index is 11.9. The lowest BCUT2D eigenvalue weighted by atomic mass is 10.2. The number of pyridine rings is 1. The zero-order valence-electron chi connectivity index (χ0n) is 11.0. The van der Waals surface area contributed by atoms with Crippen molar-refractivity contribution >= 4 is 17.6 Å². The third-order valence-electron chi connectivity index (χ3n) is 2.54. The first-order chi connectivity index (χ1) is 9.45. The van der Waals surface area contributed by atoms with Crippen LogP contribution in [0.2, 0.25) is 0 Å². The van der Waals surface area contributed by atoms with E-state index in [1.807, 2.05) is 6.92 Å². The van der Waals surface area contributed by atoms with E-state index in [-0.39, 0.29) is 12.2 Å². The van der Waals surface area contributed by atoms with Crippen molar-refractivity contribution in [1.82, 2.24) is 20.0 Å². The van der Waals surface area contributed by atoms with E-state index in [9.17, 15) is 9.59 Å². The summed E-state index contributed by atoms with van der Waals surface area (Å²) in [6, 6.07) is 3.53. The second-order valence-electron chi connectivity index (χ2n) is 4.23. The van der Waals surface area contributed by atoms with Crippen LogP contribution < -0.4 is 5.32 Å². The van der Waals surface area contributed by atoms with Gasteiger partial charge in [-0.05, 0) is 26.0 Å². The molecule has 0 radical (unpaired) electrons. The fourth-order valence-electron chi connectivity index (χ4n) is 1.62. The predicted molar refractivity (Wildman–Crippen MR) is 69.3 cm³/mol. The average molecular weight is 275 g/mol. The maximum Gasteiger partial charge on any atom is 0.325 e. The number of nitrogens with one attached hydrogen (secondary N) is 1. The van der Waals surface area contributed by atoms with Gasteiger partial charge in [-0.1, -0.05) is 5.21 Å². The lowest BCUT2D eigenvalue weighted by molar-refractivity contribution is -0.137. The van der Waals surface area contributed by atoms with E-state index in [1.54, 1.807) is 19.1 Å². The highest BCUT2D eigenvalue weighted by atomic mass is 16.4. The molecular weight excluding hydrogens is 262 g/mol. The summed E-state index contributed by atoms with van der Waals surface area (Å²) >= 11 is 0. The molecule has 0 atom stereocenters. The SMILES string of the molecule is Cc1ccc(NC(=O)c2cn(CC(=O)O)nn2)c(C)n1. The molecule has 0 spiro atoms.